The first-order chi connectivity index (χ1) is 18.4. The summed E-state index contributed by atoms with van der Waals surface area (Å²) in [5.41, 5.74) is -1.26. The van der Waals surface area contributed by atoms with E-state index < -0.39 is 52.7 Å². The molecule has 226 valence electrons. The van der Waals surface area contributed by atoms with Crippen LogP contribution < -0.4 is 21.3 Å². The van der Waals surface area contributed by atoms with Gasteiger partial charge in [-0.1, -0.05) is 60.5 Å². The highest BCUT2D eigenvalue weighted by Gasteiger charge is 2.69. The maximum absolute atomic E-state index is 14.0. The molecule has 40 heavy (non-hydrogen) atoms. The second-order valence-corrected chi connectivity index (χ2v) is 13.9. The summed E-state index contributed by atoms with van der Waals surface area (Å²) in [5.74, 6) is -2.16. The minimum absolute atomic E-state index is 0.0798. The highest BCUT2D eigenvalue weighted by atomic mass is 16.2. The van der Waals surface area contributed by atoms with Crippen molar-refractivity contribution in [3.05, 3.63) is 12.7 Å². The summed E-state index contributed by atoms with van der Waals surface area (Å²) in [7, 11) is 0. The number of ketones is 1. The topological polar surface area (TPSA) is 137 Å². The van der Waals surface area contributed by atoms with Crippen LogP contribution in [-0.4, -0.2) is 71.2 Å². The molecule has 1 heterocycles. The molecule has 1 aliphatic heterocycles. The van der Waals surface area contributed by atoms with Crippen LogP contribution in [0.3, 0.4) is 0 Å². The number of likely N-dealkylation sites (tertiary alicyclic amines) is 1. The highest BCUT2D eigenvalue weighted by molar-refractivity contribution is 6.38. The maximum Gasteiger partial charge on any atom is 0.315 e. The van der Waals surface area contributed by atoms with E-state index in [-0.39, 0.29) is 29.7 Å². The zero-order valence-electron chi connectivity index (χ0n) is 25.9. The average molecular weight is 562 g/mol. The number of hydrogen-bond acceptors (Lipinski definition) is 5. The number of fused-ring (bicyclic) bond motifs is 1. The Balaban J connectivity index is 2.30. The van der Waals surface area contributed by atoms with E-state index in [0.29, 0.717) is 25.8 Å². The number of carbonyl (C=O) groups is 5. The molecule has 0 aromatic carbocycles. The first-order valence-electron chi connectivity index (χ1n) is 14.5. The molecule has 0 bridgehead atoms. The number of Topliss-reactive ketones (excluding diaryl/α,β-unsaturated/α-hetero) is 1. The molecule has 10 heteroatoms. The van der Waals surface area contributed by atoms with Gasteiger partial charge >= 0.3 is 6.03 Å². The fraction of sp³-hybridized carbons (Fsp3) is 0.767. The van der Waals surface area contributed by atoms with Gasteiger partial charge in [0.2, 0.25) is 17.6 Å². The van der Waals surface area contributed by atoms with E-state index in [1.54, 1.807) is 11.0 Å². The van der Waals surface area contributed by atoms with Crippen LogP contribution in [0, 0.1) is 22.7 Å². The Labute approximate surface area is 239 Å². The molecule has 10 nitrogen and oxygen atoms in total. The van der Waals surface area contributed by atoms with E-state index in [2.05, 4.69) is 41.7 Å². The summed E-state index contributed by atoms with van der Waals surface area (Å²) >= 11 is 0. The predicted molar refractivity (Wildman–Crippen MR) is 155 cm³/mol. The molecular weight excluding hydrogens is 510 g/mol. The third-order valence-electron chi connectivity index (χ3n) is 7.97. The lowest BCUT2D eigenvalue weighted by molar-refractivity contribution is -0.145. The van der Waals surface area contributed by atoms with Crippen molar-refractivity contribution in [1.82, 2.24) is 26.2 Å². The largest absolute Gasteiger partial charge is 0.349 e. The van der Waals surface area contributed by atoms with Gasteiger partial charge in [-0.05, 0) is 56.3 Å². The quantitative estimate of drug-likeness (QED) is 0.165. The summed E-state index contributed by atoms with van der Waals surface area (Å²) in [4.78, 5) is 67.7. The first kappa shape index (κ1) is 33.3. The molecule has 5 amide bonds. The van der Waals surface area contributed by atoms with E-state index in [1.807, 2.05) is 48.5 Å². The monoisotopic (exact) mass is 561 g/mol. The molecule has 0 aromatic rings. The van der Waals surface area contributed by atoms with Crippen LogP contribution in [0.5, 0.6) is 0 Å². The van der Waals surface area contributed by atoms with E-state index in [0.717, 1.165) is 6.42 Å². The summed E-state index contributed by atoms with van der Waals surface area (Å²) < 4.78 is 0. The zero-order chi connectivity index (χ0) is 30.6. The van der Waals surface area contributed by atoms with Crippen LogP contribution in [-0.2, 0) is 19.2 Å². The molecule has 0 spiro atoms. The summed E-state index contributed by atoms with van der Waals surface area (Å²) in [6.07, 6.45) is 3.94. The van der Waals surface area contributed by atoms with E-state index >= 15 is 0 Å². The molecular formula is C30H51N5O5. The van der Waals surface area contributed by atoms with Crippen molar-refractivity contribution in [2.45, 2.75) is 112 Å². The Morgan fingerprint density at radius 3 is 2.20 bits per heavy atom. The van der Waals surface area contributed by atoms with E-state index in [4.69, 9.17) is 0 Å². The summed E-state index contributed by atoms with van der Waals surface area (Å²) in [6, 6.07) is -3.12. The lowest BCUT2D eigenvalue weighted by Gasteiger charge is -2.38. The lowest BCUT2D eigenvalue weighted by atomic mass is 9.85. The van der Waals surface area contributed by atoms with Gasteiger partial charge < -0.3 is 26.2 Å². The van der Waals surface area contributed by atoms with Crippen LogP contribution in [0.4, 0.5) is 4.79 Å². The van der Waals surface area contributed by atoms with E-state index in [1.165, 1.54) is 0 Å². The Morgan fingerprint density at radius 2 is 1.68 bits per heavy atom. The van der Waals surface area contributed by atoms with Crippen LogP contribution in [0.15, 0.2) is 12.7 Å². The molecule has 2 rings (SSSR count). The van der Waals surface area contributed by atoms with Crippen molar-refractivity contribution in [3.8, 4) is 0 Å². The number of piperidine rings is 1. The van der Waals surface area contributed by atoms with Crippen LogP contribution in [0.1, 0.15) is 88.0 Å². The second kappa shape index (κ2) is 12.7. The smallest absolute Gasteiger partial charge is 0.315 e. The minimum Gasteiger partial charge on any atom is -0.349 e. The molecule has 0 aromatic heterocycles. The minimum atomic E-state index is -0.983. The molecule has 2 fully saturated rings. The molecule has 2 aliphatic rings. The molecule has 1 saturated carbocycles. The number of carbonyl (C=O) groups excluding carboxylic acids is 5. The van der Waals surface area contributed by atoms with Crippen molar-refractivity contribution >= 4 is 29.5 Å². The molecule has 4 N–H and O–H groups in total. The molecule has 1 unspecified atom stereocenters. The number of nitrogens with zero attached hydrogens (tertiary/aromatic N) is 1. The highest BCUT2D eigenvalue weighted by Crippen LogP contribution is 2.65. The number of rotatable bonds is 12. The van der Waals surface area contributed by atoms with E-state index in [9.17, 15) is 24.0 Å². The Hall–Kier alpha value is -2.91. The molecule has 0 radical (unpaired) electrons. The molecule has 1 aliphatic carbocycles. The van der Waals surface area contributed by atoms with Crippen molar-refractivity contribution < 1.29 is 24.0 Å². The first-order valence-corrected chi connectivity index (χ1v) is 14.5. The van der Waals surface area contributed by atoms with Gasteiger partial charge in [0.15, 0.2) is 0 Å². The van der Waals surface area contributed by atoms with Gasteiger partial charge in [-0.25, -0.2) is 4.79 Å². The molecule has 1 saturated heterocycles. The number of hydrogen-bond donors (Lipinski definition) is 4. The Morgan fingerprint density at radius 1 is 1.05 bits per heavy atom. The maximum atomic E-state index is 14.0. The number of urea groups is 1. The van der Waals surface area contributed by atoms with Crippen LogP contribution >= 0.6 is 0 Å². The van der Waals surface area contributed by atoms with Gasteiger partial charge in [0, 0.05) is 18.6 Å². The fourth-order valence-corrected chi connectivity index (χ4v) is 5.60. The van der Waals surface area contributed by atoms with Crippen molar-refractivity contribution in [2.75, 3.05) is 13.1 Å². The summed E-state index contributed by atoms with van der Waals surface area (Å²) in [6.45, 7) is 21.6. The molecule has 5 atom stereocenters. The lowest BCUT2D eigenvalue weighted by Crippen LogP contribution is -2.62. The SMILES string of the molecule is C=CCCNC(=O)C(=O)C(CCCC)NC(=O)[C@@H]1[C@@H]2[C@H](CN1C(=O)[C@@H](NC(=O)NC(C)(C)C)C(C)(C)C)C2(C)C. The van der Waals surface area contributed by atoms with Gasteiger partial charge in [0.1, 0.15) is 12.1 Å². The van der Waals surface area contributed by atoms with Crippen LogP contribution in [0.2, 0.25) is 0 Å². The van der Waals surface area contributed by atoms with Gasteiger partial charge in [0.05, 0.1) is 6.04 Å². The third kappa shape index (κ3) is 8.07. The standard InChI is InChI=1S/C30H51N5O5/c1-11-13-15-19(22(36)25(38)31-16-14-12-2)32-24(37)21-20-18(30(20,9)10)17-35(21)26(39)23(28(3,4)5)33-27(40)34-29(6,7)8/h12,18-21,23H,2,11,13-17H2,1,3-10H3,(H,31,38)(H,32,37)(H2,33,34,40)/t18-,19?,20-,21-,23+/m0/s1. The van der Waals surface area contributed by atoms with Crippen molar-refractivity contribution in [2.24, 2.45) is 22.7 Å². The van der Waals surface area contributed by atoms with Gasteiger partial charge in [-0.15, -0.1) is 6.58 Å². The number of amides is 5. The number of unbranched alkanes of at least 4 members (excludes halogenated alkanes) is 1. The van der Waals surface area contributed by atoms with Crippen molar-refractivity contribution in [3.63, 3.8) is 0 Å². The Bertz CT molecular complexity index is 993. The number of nitrogens with one attached hydrogen (secondary N) is 4. The third-order valence-corrected chi connectivity index (χ3v) is 7.97. The fourth-order valence-electron chi connectivity index (χ4n) is 5.60. The normalized spacial score (nSPS) is 22.8. The zero-order valence-corrected chi connectivity index (χ0v) is 25.9. The van der Waals surface area contributed by atoms with Crippen LogP contribution in [0.25, 0.3) is 0 Å². The predicted octanol–water partition coefficient (Wildman–Crippen LogP) is 2.92. The van der Waals surface area contributed by atoms with Gasteiger partial charge in [0.25, 0.3) is 5.91 Å². The van der Waals surface area contributed by atoms with Gasteiger partial charge in [-0.3, -0.25) is 19.2 Å². The summed E-state index contributed by atoms with van der Waals surface area (Å²) in [5, 5.41) is 11.1. The Kier molecular flexibility index (Phi) is 10.6. The average Bonchev–Trinajstić information content (AvgIpc) is 3.15. The van der Waals surface area contributed by atoms with Gasteiger partial charge in [-0.2, -0.15) is 0 Å². The second-order valence-electron chi connectivity index (χ2n) is 13.9. The van der Waals surface area contributed by atoms with Crippen molar-refractivity contribution in [1.29, 1.82) is 0 Å².